The number of ether oxygens (including phenoxy) is 3. The van der Waals surface area contributed by atoms with Crippen molar-refractivity contribution >= 4 is 11.8 Å². The molecule has 2 fully saturated rings. The lowest BCUT2D eigenvalue weighted by Crippen LogP contribution is -2.50. The third-order valence-corrected chi connectivity index (χ3v) is 4.07. The number of nitrogens with zero attached hydrogens (tertiary/aromatic N) is 1. The monoisotopic (exact) mass is 353 g/mol. The molecule has 0 amide bonds. The number of hydrogen-bond donors (Lipinski definition) is 1. The maximum absolute atomic E-state index is 12.9. The van der Waals surface area contributed by atoms with Crippen molar-refractivity contribution in [3.8, 4) is 5.75 Å². The number of aliphatic hydroxyl groups is 1. The summed E-state index contributed by atoms with van der Waals surface area (Å²) in [6.45, 7) is 0.564. The van der Waals surface area contributed by atoms with E-state index in [1.54, 1.807) is 12.1 Å². The Kier molecular flexibility index (Phi) is 4.41. The molecule has 1 aromatic carbocycles. The highest BCUT2D eigenvalue weighted by atomic mass is 17.0. The lowest BCUT2D eigenvalue weighted by molar-refractivity contribution is -0.769. The lowest BCUT2D eigenvalue weighted by atomic mass is 9.87. The SMILES string of the molecule is CC(=O)Oc1ccccc1C(=O)[C@@]1(O)CO[C@@H]2[C@@H](O[N+](=O)[O-])CO[C@@H]21. The van der Waals surface area contributed by atoms with Gasteiger partial charge in [-0.25, -0.2) is 0 Å². The Hall–Kier alpha value is -2.56. The van der Waals surface area contributed by atoms with Crippen LogP contribution in [-0.2, 0) is 19.1 Å². The summed E-state index contributed by atoms with van der Waals surface area (Å²) in [5.41, 5.74) is -2.10. The van der Waals surface area contributed by atoms with Crippen LogP contribution >= 0.6 is 0 Å². The lowest BCUT2D eigenvalue weighted by Gasteiger charge is -2.25. The van der Waals surface area contributed by atoms with E-state index in [0.29, 0.717) is 0 Å². The van der Waals surface area contributed by atoms with Crippen LogP contribution in [0.4, 0.5) is 0 Å². The molecule has 3 rings (SSSR count). The molecule has 25 heavy (non-hydrogen) atoms. The maximum atomic E-state index is 12.9. The van der Waals surface area contributed by atoms with Gasteiger partial charge in [-0.1, -0.05) is 12.1 Å². The summed E-state index contributed by atoms with van der Waals surface area (Å²) in [4.78, 5) is 39.0. The highest BCUT2D eigenvalue weighted by Crippen LogP contribution is 2.38. The molecule has 0 unspecified atom stereocenters. The molecule has 0 saturated carbocycles. The molecule has 0 radical (unpaired) electrons. The van der Waals surface area contributed by atoms with Crippen molar-refractivity contribution in [3.63, 3.8) is 0 Å². The molecular formula is C15H15NO9. The normalized spacial score (nSPS) is 30.6. The van der Waals surface area contributed by atoms with Crippen LogP contribution < -0.4 is 4.74 Å². The quantitative estimate of drug-likeness (QED) is 0.253. The standard InChI is InChI=1S/C15H15NO9/c1-8(17)24-10-5-3-2-4-9(10)13(18)15(19)7-23-12-11(25-16(20)21)6-22-14(12)15/h2-5,11-12,14,19H,6-7H2,1H3/t11-,12+,14-,15-/m0/s1. The molecule has 0 spiro atoms. The molecule has 1 aromatic rings. The summed E-state index contributed by atoms with van der Waals surface area (Å²) in [5.74, 6) is -1.39. The molecule has 0 aliphatic carbocycles. The number of fused-ring (bicyclic) bond motifs is 1. The zero-order chi connectivity index (χ0) is 18.2. The molecule has 2 aliphatic heterocycles. The Morgan fingerprint density at radius 2 is 2.08 bits per heavy atom. The Morgan fingerprint density at radius 1 is 1.36 bits per heavy atom. The Morgan fingerprint density at radius 3 is 2.76 bits per heavy atom. The fourth-order valence-corrected chi connectivity index (χ4v) is 3.02. The fraction of sp³-hybridized carbons (Fsp3) is 0.467. The third kappa shape index (κ3) is 3.06. The molecular weight excluding hydrogens is 338 g/mol. The van der Waals surface area contributed by atoms with Crippen LogP contribution in [0.1, 0.15) is 17.3 Å². The number of para-hydroxylation sites is 1. The Bertz CT molecular complexity index is 721. The minimum Gasteiger partial charge on any atom is -0.426 e. The summed E-state index contributed by atoms with van der Waals surface area (Å²) in [7, 11) is 0. The van der Waals surface area contributed by atoms with E-state index >= 15 is 0 Å². The number of hydrogen-bond acceptors (Lipinski definition) is 9. The molecule has 1 N–H and O–H groups in total. The molecule has 0 bridgehead atoms. The summed E-state index contributed by atoms with van der Waals surface area (Å²) >= 11 is 0. The van der Waals surface area contributed by atoms with Crippen molar-refractivity contribution in [1.82, 2.24) is 0 Å². The predicted molar refractivity (Wildman–Crippen MR) is 78.4 cm³/mol. The minimum atomic E-state index is -2.07. The molecule has 0 aromatic heterocycles. The summed E-state index contributed by atoms with van der Waals surface area (Å²) < 4.78 is 15.7. The number of carbonyl (C=O) groups excluding carboxylic acids is 2. The first kappa shape index (κ1) is 17.3. The second kappa shape index (κ2) is 6.39. The van der Waals surface area contributed by atoms with E-state index in [9.17, 15) is 24.8 Å². The maximum Gasteiger partial charge on any atom is 0.308 e. The van der Waals surface area contributed by atoms with E-state index < -0.39 is 47.4 Å². The number of esters is 1. The van der Waals surface area contributed by atoms with Gasteiger partial charge in [-0.05, 0) is 12.1 Å². The van der Waals surface area contributed by atoms with Gasteiger partial charge < -0.3 is 24.2 Å². The molecule has 2 saturated heterocycles. The molecule has 10 nitrogen and oxygen atoms in total. The van der Waals surface area contributed by atoms with Crippen LogP contribution in [0.15, 0.2) is 24.3 Å². The highest BCUT2D eigenvalue weighted by Gasteiger charge is 2.61. The van der Waals surface area contributed by atoms with Crippen molar-refractivity contribution < 1.29 is 38.8 Å². The summed E-state index contributed by atoms with van der Waals surface area (Å²) in [6, 6.07) is 5.93. The van der Waals surface area contributed by atoms with E-state index in [-0.39, 0.29) is 17.9 Å². The van der Waals surface area contributed by atoms with Gasteiger partial charge in [-0.2, -0.15) is 0 Å². The van der Waals surface area contributed by atoms with Crippen LogP contribution in [0.25, 0.3) is 0 Å². The zero-order valence-electron chi connectivity index (χ0n) is 13.1. The number of benzene rings is 1. The topological polar surface area (TPSA) is 134 Å². The molecule has 2 aliphatic rings. The van der Waals surface area contributed by atoms with Gasteiger partial charge in [0.25, 0.3) is 5.09 Å². The second-order valence-electron chi connectivity index (χ2n) is 5.74. The first-order valence-electron chi connectivity index (χ1n) is 7.42. The molecule has 134 valence electrons. The van der Waals surface area contributed by atoms with E-state index in [1.807, 2.05) is 0 Å². The van der Waals surface area contributed by atoms with Crippen LogP contribution in [0, 0.1) is 10.1 Å². The van der Waals surface area contributed by atoms with Gasteiger partial charge in [-0.15, -0.1) is 10.1 Å². The summed E-state index contributed by atoms with van der Waals surface area (Å²) in [6.07, 6.45) is -3.12. The Labute approximate surface area is 141 Å². The van der Waals surface area contributed by atoms with Crippen LogP contribution in [0.2, 0.25) is 0 Å². The van der Waals surface area contributed by atoms with Gasteiger partial charge in [-0.3, -0.25) is 9.59 Å². The van der Waals surface area contributed by atoms with Crippen molar-refractivity contribution in [1.29, 1.82) is 0 Å². The van der Waals surface area contributed by atoms with Crippen LogP contribution in [0.3, 0.4) is 0 Å². The fourth-order valence-electron chi connectivity index (χ4n) is 3.02. The van der Waals surface area contributed by atoms with Gasteiger partial charge in [0.05, 0.1) is 18.8 Å². The van der Waals surface area contributed by atoms with Gasteiger partial charge >= 0.3 is 5.97 Å². The van der Waals surface area contributed by atoms with E-state index in [0.717, 1.165) is 0 Å². The van der Waals surface area contributed by atoms with Gasteiger partial charge in [0, 0.05) is 6.92 Å². The largest absolute Gasteiger partial charge is 0.426 e. The van der Waals surface area contributed by atoms with Crippen molar-refractivity contribution in [2.75, 3.05) is 13.2 Å². The third-order valence-electron chi connectivity index (χ3n) is 4.07. The molecule has 4 atom stereocenters. The number of carbonyl (C=O) groups is 2. The van der Waals surface area contributed by atoms with E-state index in [1.165, 1.54) is 19.1 Å². The van der Waals surface area contributed by atoms with Crippen molar-refractivity contribution in [3.05, 3.63) is 39.9 Å². The van der Waals surface area contributed by atoms with Gasteiger partial charge in [0.1, 0.15) is 18.0 Å². The predicted octanol–water partition coefficient (Wildman–Crippen LogP) is -0.0998. The Balaban J connectivity index is 1.86. The number of ketones is 1. The van der Waals surface area contributed by atoms with Crippen molar-refractivity contribution in [2.45, 2.75) is 30.8 Å². The molecule has 2 heterocycles. The smallest absolute Gasteiger partial charge is 0.308 e. The van der Waals surface area contributed by atoms with Crippen molar-refractivity contribution in [2.24, 2.45) is 0 Å². The average molecular weight is 353 g/mol. The first-order chi connectivity index (χ1) is 11.8. The van der Waals surface area contributed by atoms with E-state index in [4.69, 9.17) is 14.2 Å². The summed E-state index contributed by atoms with van der Waals surface area (Å²) in [5, 5.41) is 20.4. The average Bonchev–Trinajstić information content (AvgIpc) is 3.09. The highest BCUT2D eigenvalue weighted by molar-refractivity contribution is 6.05. The zero-order valence-corrected chi connectivity index (χ0v) is 13.1. The van der Waals surface area contributed by atoms with E-state index in [2.05, 4.69) is 4.84 Å². The van der Waals surface area contributed by atoms with Crippen LogP contribution in [-0.4, -0.2) is 59.1 Å². The van der Waals surface area contributed by atoms with Gasteiger partial charge in [0.15, 0.2) is 11.7 Å². The molecule has 10 heteroatoms. The first-order valence-corrected chi connectivity index (χ1v) is 7.42. The van der Waals surface area contributed by atoms with Crippen LogP contribution in [0.5, 0.6) is 5.75 Å². The van der Waals surface area contributed by atoms with Gasteiger partial charge in [0.2, 0.25) is 5.78 Å². The second-order valence-corrected chi connectivity index (χ2v) is 5.74. The number of Topliss-reactive ketones (excluding diaryl/α,β-unsaturated/α-hetero) is 1. The number of rotatable bonds is 5. The minimum absolute atomic E-state index is 0.00652.